The summed E-state index contributed by atoms with van der Waals surface area (Å²) >= 11 is 11.7. The Kier molecular flexibility index (Phi) is 6.35. The van der Waals surface area contributed by atoms with Gasteiger partial charge in [-0.05, 0) is 33.0 Å². The van der Waals surface area contributed by atoms with Crippen LogP contribution in [0.15, 0.2) is 24.8 Å². The Morgan fingerprint density at radius 3 is 2.61 bits per heavy atom. The maximum absolute atomic E-state index is 6.24. The Hall–Kier alpha value is -2.39. The highest BCUT2D eigenvalue weighted by Gasteiger charge is 2.13. The minimum absolute atomic E-state index is 0.529. The van der Waals surface area contributed by atoms with Gasteiger partial charge < -0.3 is 10.2 Å². The van der Waals surface area contributed by atoms with E-state index in [1.54, 1.807) is 6.20 Å². The number of halogens is 1. The Bertz CT molecular complexity index is 957. The van der Waals surface area contributed by atoms with Gasteiger partial charge in [0.25, 0.3) is 0 Å². The molecule has 0 saturated heterocycles. The third kappa shape index (κ3) is 4.53. The SMILES string of the molecule is CCn1cc(Cl)c(CN(C)C(=S)Nc2cnn(Cc3cnn(CC)c3C)c2)n1. The van der Waals surface area contributed by atoms with Crippen LogP contribution in [0.1, 0.15) is 30.8 Å². The van der Waals surface area contributed by atoms with Crippen molar-refractivity contribution in [2.75, 3.05) is 12.4 Å². The molecular formula is C18H25ClN8S. The van der Waals surface area contributed by atoms with Crippen LogP contribution in [-0.2, 0) is 26.2 Å². The average molecular weight is 421 g/mol. The third-order valence-electron chi connectivity index (χ3n) is 4.57. The number of nitrogens with zero attached hydrogens (tertiary/aromatic N) is 7. The Labute approximate surface area is 175 Å². The van der Waals surface area contributed by atoms with Gasteiger partial charge in [0.05, 0.1) is 36.2 Å². The second-order valence-electron chi connectivity index (χ2n) is 6.56. The number of thiocarbonyl (C=S) groups is 1. The van der Waals surface area contributed by atoms with Gasteiger partial charge in [-0.2, -0.15) is 15.3 Å². The molecule has 0 aromatic carbocycles. The lowest BCUT2D eigenvalue weighted by molar-refractivity contribution is 0.492. The van der Waals surface area contributed by atoms with Crippen molar-refractivity contribution in [1.29, 1.82) is 0 Å². The number of hydrogen-bond acceptors (Lipinski definition) is 4. The van der Waals surface area contributed by atoms with Gasteiger partial charge in [0, 0.05) is 43.8 Å². The Morgan fingerprint density at radius 2 is 1.96 bits per heavy atom. The summed E-state index contributed by atoms with van der Waals surface area (Å²) in [6, 6.07) is 0. The van der Waals surface area contributed by atoms with Crippen LogP contribution in [-0.4, -0.2) is 46.4 Å². The summed E-state index contributed by atoms with van der Waals surface area (Å²) in [7, 11) is 1.91. The molecule has 3 heterocycles. The molecule has 0 aliphatic carbocycles. The molecule has 0 fully saturated rings. The van der Waals surface area contributed by atoms with Crippen molar-refractivity contribution in [3.8, 4) is 0 Å². The third-order valence-corrected chi connectivity index (χ3v) is 5.30. The number of nitrogens with one attached hydrogen (secondary N) is 1. The van der Waals surface area contributed by atoms with E-state index in [0.717, 1.165) is 35.7 Å². The van der Waals surface area contributed by atoms with Gasteiger partial charge >= 0.3 is 0 Å². The van der Waals surface area contributed by atoms with Crippen LogP contribution in [0.3, 0.4) is 0 Å². The topological polar surface area (TPSA) is 68.7 Å². The molecule has 1 N–H and O–H groups in total. The second-order valence-corrected chi connectivity index (χ2v) is 7.36. The van der Waals surface area contributed by atoms with Crippen molar-refractivity contribution in [3.05, 3.63) is 46.8 Å². The van der Waals surface area contributed by atoms with E-state index < -0.39 is 0 Å². The van der Waals surface area contributed by atoms with Crippen LogP contribution in [0, 0.1) is 6.92 Å². The number of hydrogen-bond donors (Lipinski definition) is 1. The molecular weight excluding hydrogens is 396 g/mol. The molecule has 0 atom stereocenters. The van der Waals surface area contributed by atoms with Crippen LogP contribution in [0.4, 0.5) is 5.69 Å². The number of rotatable bonds is 7. The molecule has 3 aromatic rings. The molecule has 0 saturated carbocycles. The number of anilines is 1. The lowest BCUT2D eigenvalue weighted by atomic mass is 10.2. The zero-order valence-electron chi connectivity index (χ0n) is 16.6. The summed E-state index contributed by atoms with van der Waals surface area (Å²) in [6.45, 7) is 9.01. The molecule has 0 aliphatic rings. The minimum atomic E-state index is 0.529. The van der Waals surface area contributed by atoms with E-state index in [9.17, 15) is 0 Å². The lowest BCUT2D eigenvalue weighted by Gasteiger charge is -2.19. The number of aromatic nitrogens is 6. The highest BCUT2D eigenvalue weighted by molar-refractivity contribution is 7.80. The van der Waals surface area contributed by atoms with Crippen LogP contribution in [0.5, 0.6) is 0 Å². The predicted molar refractivity (Wildman–Crippen MR) is 115 cm³/mol. The fourth-order valence-electron chi connectivity index (χ4n) is 2.87. The molecule has 0 radical (unpaired) electrons. The predicted octanol–water partition coefficient (Wildman–Crippen LogP) is 3.15. The van der Waals surface area contributed by atoms with Gasteiger partial charge in [-0.25, -0.2) is 0 Å². The fraction of sp³-hybridized carbons (Fsp3) is 0.444. The molecule has 10 heteroatoms. The first-order valence-corrected chi connectivity index (χ1v) is 9.97. The van der Waals surface area contributed by atoms with Crippen LogP contribution in [0.25, 0.3) is 0 Å². The summed E-state index contributed by atoms with van der Waals surface area (Å²) in [5, 5.41) is 17.7. The summed E-state index contributed by atoms with van der Waals surface area (Å²) in [5.74, 6) is 0. The lowest BCUT2D eigenvalue weighted by Crippen LogP contribution is -2.30. The zero-order valence-corrected chi connectivity index (χ0v) is 18.1. The molecule has 3 rings (SSSR count). The smallest absolute Gasteiger partial charge is 0.173 e. The first-order chi connectivity index (χ1) is 13.4. The van der Waals surface area contributed by atoms with Crippen LogP contribution >= 0.6 is 23.8 Å². The van der Waals surface area contributed by atoms with E-state index in [4.69, 9.17) is 23.8 Å². The molecule has 0 bridgehead atoms. The summed E-state index contributed by atoms with van der Waals surface area (Å²) in [4.78, 5) is 1.90. The van der Waals surface area contributed by atoms with E-state index in [1.807, 2.05) is 51.5 Å². The van der Waals surface area contributed by atoms with Crippen molar-refractivity contribution < 1.29 is 0 Å². The second kappa shape index (κ2) is 8.74. The standard InChI is InChI=1S/C18H25ClN8S/c1-5-25-11-16(19)17(23-25)12-24(4)18(28)22-15-8-20-26(10-15)9-14-7-21-27(6-2)13(14)3/h7-8,10-11H,5-6,9,12H2,1-4H3,(H,22,28). The maximum atomic E-state index is 6.24. The van der Waals surface area contributed by atoms with Crippen molar-refractivity contribution >= 4 is 34.6 Å². The maximum Gasteiger partial charge on any atom is 0.173 e. The molecule has 0 unspecified atom stereocenters. The van der Waals surface area contributed by atoms with Gasteiger partial charge in [0.15, 0.2) is 5.11 Å². The molecule has 8 nitrogen and oxygen atoms in total. The van der Waals surface area contributed by atoms with E-state index >= 15 is 0 Å². The van der Waals surface area contributed by atoms with Crippen molar-refractivity contribution in [2.45, 2.75) is 47.0 Å². The van der Waals surface area contributed by atoms with E-state index in [0.29, 0.717) is 23.2 Å². The zero-order chi connectivity index (χ0) is 20.3. The molecule has 28 heavy (non-hydrogen) atoms. The Morgan fingerprint density at radius 1 is 1.18 bits per heavy atom. The fourth-order valence-corrected chi connectivity index (χ4v) is 3.26. The summed E-state index contributed by atoms with van der Waals surface area (Å²) in [5.41, 5.74) is 3.94. The first-order valence-electron chi connectivity index (χ1n) is 9.18. The van der Waals surface area contributed by atoms with Crippen molar-refractivity contribution in [2.24, 2.45) is 0 Å². The quantitative estimate of drug-likeness (QED) is 0.592. The molecule has 3 aromatic heterocycles. The monoisotopic (exact) mass is 420 g/mol. The van der Waals surface area contributed by atoms with Gasteiger partial charge in [-0.1, -0.05) is 11.6 Å². The molecule has 0 amide bonds. The van der Waals surface area contributed by atoms with Gasteiger partial charge in [-0.15, -0.1) is 0 Å². The van der Waals surface area contributed by atoms with Crippen LogP contribution < -0.4 is 5.32 Å². The van der Waals surface area contributed by atoms with Crippen LogP contribution in [0.2, 0.25) is 5.02 Å². The van der Waals surface area contributed by atoms with E-state index in [2.05, 4.69) is 34.5 Å². The van der Waals surface area contributed by atoms with Gasteiger partial charge in [-0.3, -0.25) is 14.0 Å². The highest BCUT2D eigenvalue weighted by atomic mass is 35.5. The Balaban J connectivity index is 1.59. The summed E-state index contributed by atoms with van der Waals surface area (Å²) < 4.78 is 5.66. The van der Waals surface area contributed by atoms with Crippen molar-refractivity contribution in [3.63, 3.8) is 0 Å². The normalized spacial score (nSPS) is 11.0. The molecule has 0 spiro atoms. The minimum Gasteiger partial charge on any atom is -0.346 e. The molecule has 150 valence electrons. The first kappa shape index (κ1) is 20.3. The van der Waals surface area contributed by atoms with Gasteiger partial charge in [0.2, 0.25) is 0 Å². The van der Waals surface area contributed by atoms with E-state index in [-0.39, 0.29) is 0 Å². The number of aryl methyl sites for hydroxylation is 2. The largest absolute Gasteiger partial charge is 0.346 e. The van der Waals surface area contributed by atoms with Gasteiger partial charge in [0.1, 0.15) is 5.69 Å². The average Bonchev–Trinajstić information content (AvgIpc) is 3.36. The molecule has 0 aliphatic heterocycles. The summed E-state index contributed by atoms with van der Waals surface area (Å²) in [6.07, 6.45) is 7.42. The highest BCUT2D eigenvalue weighted by Crippen LogP contribution is 2.17. The van der Waals surface area contributed by atoms with Crippen molar-refractivity contribution in [1.82, 2.24) is 34.2 Å². The van der Waals surface area contributed by atoms with E-state index in [1.165, 1.54) is 0 Å².